The maximum absolute atomic E-state index is 12.3. The Balaban J connectivity index is 1.70. The molecule has 0 fully saturated rings. The molecule has 0 aliphatic carbocycles. The van der Waals surface area contributed by atoms with Crippen LogP contribution in [0.3, 0.4) is 0 Å². The highest BCUT2D eigenvalue weighted by Crippen LogP contribution is 2.20. The average Bonchev–Trinajstić information content (AvgIpc) is 2.92. The number of thiazole rings is 1. The third-order valence-corrected chi connectivity index (χ3v) is 7.34. The first-order valence-electron chi connectivity index (χ1n) is 8.70. The SMILES string of the molecule is Cc1ccc(S(=O)(=O)CCCC(=O)N=c2sc3cccc(C)c3n2C)cc1. The van der Waals surface area contributed by atoms with Crippen LogP contribution in [0, 0.1) is 13.8 Å². The summed E-state index contributed by atoms with van der Waals surface area (Å²) in [5.74, 6) is -0.358. The lowest BCUT2D eigenvalue weighted by Crippen LogP contribution is -2.14. The summed E-state index contributed by atoms with van der Waals surface area (Å²) in [4.78, 5) is 17.3. The van der Waals surface area contributed by atoms with E-state index in [0.29, 0.717) is 9.70 Å². The van der Waals surface area contributed by atoms with Gasteiger partial charge in [0, 0.05) is 13.5 Å². The molecular weight excluding hydrogens is 380 g/mol. The summed E-state index contributed by atoms with van der Waals surface area (Å²) in [7, 11) is -1.49. The molecule has 0 radical (unpaired) electrons. The Bertz CT molecular complexity index is 1150. The van der Waals surface area contributed by atoms with Crippen molar-refractivity contribution in [3.8, 4) is 0 Å². The smallest absolute Gasteiger partial charge is 0.248 e. The number of rotatable bonds is 5. The van der Waals surface area contributed by atoms with Crippen LogP contribution in [-0.4, -0.2) is 24.6 Å². The number of aryl methyl sites for hydroxylation is 3. The normalized spacial score (nSPS) is 12.6. The van der Waals surface area contributed by atoms with Gasteiger partial charge in [-0.25, -0.2) is 8.42 Å². The predicted octanol–water partition coefficient (Wildman–Crippen LogP) is 3.54. The minimum atomic E-state index is -3.38. The van der Waals surface area contributed by atoms with Gasteiger partial charge in [0.25, 0.3) is 0 Å². The number of sulfone groups is 1. The maximum atomic E-state index is 12.3. The largest absolute Gasteiger partial charge is 0.319 e. The standard InChI is InChI=1S/C20H22N2O3S2/c1-14-9-11-16(12-10-14)27(24,25)13-5-8-18(23)21-20-22(3)19-15(2)6-4-7-17(19)26-20/h4,6-7,9-12H,5,8,13H2,1-3H3. The van der Waals surface area contributed by atoms with Gasteiger partial charge in [-0.2, -0.15) is 4.99 Å². The van der Waals surface area contributed by atoms with Gasteiger partial charge < -0.3 is 4.57 Å². The van der Waals surface area contributed by atoms with E-state index in [2.05, 4.69) is 4.99 Å². The van der Waals surface area contributed by atoms with Gasteiger partial charge in [0.15, 0.2) is 14.6 Å². The van der Waals surface area contributed by atoms with Crippen LogP contribution in [0.15, 0.2) is 52.4 Å². The van der Waals surface area contributed by atoms with E-state index in [1.54, 1.807) is 24.3 Å². The number of para-hydroxylation sites is 1. The van der Waals surface area contributed by atoms with Crippen molar-refractivity contribution in [2.24, 2.45) is 12.0 Å². The third kappa shape index (κ3) is 4.36. The lowest BCUT2D eigenvalue weighted by molar-refractivity contribution is -0.118. The lowest BCUT2D eigenvalue weighted by atomic mass is 10.2. The summed E-state index contributed by atoms with van der Waals surface area (Å²) in [6.45, 7) is 3.93. The van der Waals surface area contributed by atoms with Gasteiger partial charge in [-0.05, 0) is 44.0 Å². The molecule has 142 valence electrons. The molecule has 0 saturated carbocycles. The number of hydrogen-bond acceptors (Lipinski definition) is 4. The second-order valence-electron chi connectivity index (χ2n) is 6.61. The summed E-state index contributed by atoms with van der Waals surface area (Å²) in [6, 6.07) is 12.8. The summed E-state index contributed by atoms with van der Waals surface area (Å²) in [5, 5.41) is 0. The Hall–Kier alpha value is -2.25. The van der Waals surface area contributed by atoms with E-state index in [1.807, 2.05) is 43.7 Å². The zero-order valence-electron chi connectivity index (χ0n) is 15.6. The van der Waals surface area contributed by atoms with Gasteiger partial charge in [0.2, 0.25) is 5.91 Å². The zero-order valence-corrected chi connectivity index (χ0v) is 17.2. The fourth-order valence-corrected chi connectivity index (χ4v) is 5.37. The Morgan fingerprint density at radius 2 is 1.81 bits per heavy atom. The van der Waals surface area contributed by atoms with Crippen molar-refractivity contribution in [3.63, 3.8) is 0 Å². The number of amides is 1. The van der Waals surface area contributed by atoms with Crippen LogP contribution >= 0.6 is 11.3 Å². The van der Waals surface area contributed by atoms with Crippen LogP contribution in [0.25, 0.3) is 10.2 Å². The number of nitrogens with zero attached hydrogens (tertiary/aromatic N) is 2. The molecular formula is C20H22N2O3S2. The molecule has 0 N–H and O–H groups in total. The molecule has 3 aromatic rings. The van der Waals surface area contributed by atoms with Crippen LogP contribution in [0.5, 0.6) is 0 Å². The molecule has 0 atom stereocenters. The first-order valence-corrected chi connectivity index (χ1v) is 11.2. The Labute approximate surface area is 162 Å². The van der Waals surface area contributed by atoms with E-state index in [4.69, 9.17) is 0 Å². The lowest BCUT2D eigenvalue weighted by Gasteiger charge is -2.04. The third-order valence-electron chi connectivity index (χ3n) is 4.43. The van der Waals surface area contributed by atoms with Crippen LogP contribution in [0.2, 0.25) is 0 Å². The first kappa shape index (κ1) is 19.5. The molecule has 0 saturated heterocycles. The van der Waals surface area contributed by atoms with E-state index in [-0.39, 0.29) is 24.5 Å². The fourth-order valence-electron chi connectivity index (χ4n) is 2.94. The highest BCUT2D eigenvalue weighted by molar-refractivity contribution is 7.91. The molecule has 7 heteroatoms. The molecule has 0 spiro atoms. The van der Waals surface area contributed by atoms with Gasteiger partial charge in [-0.3, -0.25) is 4.79 Å². The van der Waals surface area contributed by atoms with Gasteiger partial charge in [-0.1, -0.05) is 41.2 Å². The van der Waals surface area contributed by atoms with Crippen LogP contribution in [0.4, 0.5) is 0 Å². The molecule has 0 bridgehead atoms. The summed E-state index contributed by atoms with van der Waals surface area (Å²) >= 11 is 1.46. The number of benzene rings is 2. The molecule has 2 aromatic carbocycles. The average molecular weight is 403 g/mol. The van der Waals surface area contributed by atoms with E-state index < -0.39 is 9.84 Å². The number of carbonyl (C=O) groups is 1. The van der Waals surface area contributed by atoms with Gasteiger partial charge in [0.05, 0.1) is 20.9 Å². The Morgan fingerprint density at radius 1 is 1.11 bits per heavy atom. The van der Waals surface area contributed by atoms with Crippen molar-refractivity contribution in [1.82, 2.24) is 4.57 Å². The number of aromatic nitrogens is 1. The van der Waals surface area contributed by atoms with E-state index in [1.165, 1.54) is 11.3 Å². The molecule has 1 heterocycles. The predicted molar refractivity (Wildman–Crippen MR) is 109 cm³/mol. The fraction of sp³-hybridized carbons (Fsp3) is 0.300. The second kappa shape index (κ2) is 7.78. The van der Waals surface area contributed by atoms with Crippen molar-refractivity contribution in [3.05, 3.63) is 58.4 Å². The van der Waals surface area contributed by atoms with E-state index in [0.717, 1.165) is 21.3 Å². The molecule has 27 heavy (non-hydrogen) atoms. The zero-order chi connectivity index (χ0) is 19.6. The first-order chi connectivity index (χ1) is 12.8. The molecule has 5 nitrogen and oxygen atoms in total. The number of carbonyl (C=O) groups excluding carboxylic acids is 1. The van der Waals surface area contributed by atoms with Gasteiger partial charge in [-0.15, -0.1) is 0 Å². The summed E-state index contributed by atoms with van der Waals surface area (Å²) in [6.07, 6.45) is 0.366. The van der Waals surface area contributed by atoms with Crippen LogP contribution in [0.1, 0.15) is 24.0 Å². The van der Waals surface area contributed by atoms with E-state index >= 15 is 0 Å². The summed E-state index contributed by atoms with van der Waals surface area (Å²) in [5.41, 5.74) is 3.20. The highest BCUT2D eigenvalue weighted by Gasteiger charge is 2.15. The van der Waals surface area contributed by atoms with Crippen molar-refractivity contribution in [2.45, 2.75) is 31.6 Å². The quantitative estimate of drug-likeness (QED) is 0.655. The molecule has 0 unspecified atom stereocenters. The van der Waals surface area contributed by atoms with Gasteiger partial charge >= 0.3 is 0 Å². The molecule has 1 amide bonds. The highest BCUT2D eigenvalue weighted by atomic mass is 32.2. The van der Waals surface area contributed by atoms with Crippen molar-refractivity contribution in [1.29, 1.82) is 0 Å². The number of fused-ring (bicyclic) bond motifs is 1. The maximum Gasteiger partial charge on any atom is 0.248 e. The topological polar surface area (TPSA) is 68.5 Å². The summed E-state index contributed by atoms with van der Waals surface area (Å²) < 4.78 is 27.7. The van der Waals surface area contributed by atoms with Crippen molar-refractivity contribution in [2.75, 3.05) is 5.75 Å². The molecule has 0 aliphatic rings. The molecule has 1 aromatic heterocycles. The van der Waals surface area contributed by atoms with Gasteiger partial charge in [0.1, 0.15) is 0 Å². The second-order valence-corrected chi connectivity index (χ2v) is 9.72. The minimum Gasteiger partial charge on any atom is -0.319 e. The van der Waals surface area contributed by atoms with E-state index in [9.17, 15) is 13.2 Å². The van der Waals surface area contributed by atoms with Crippen molar-refractivity contribution < 1.29 is 13.2 Å². The Kier molecular flexibility index (Phi) is 5.62. The Morgan fingerprint density at radius 3 is 2.48 bits per heavy atom. The monoisotopic (exact) mass is 402 g/mol. The molecule has 3 rings (SSSR count). The number of hydrogen-bond donors (Lipinski definition) is 0. The molecule has 0 aliphatic heterocycles. The van der Waals surface area contributed by atoms with Crippen LogP contribution in [-0.2, 0) is 21.7 Å². The van der Waals surface area contributed by atoms with Crippen molar-refractivity contribution >= 4 is 37.3 Å². The minimum absolute atomic E-state index is 0.0605. The van der Waals surface area contributed by atoms with Crippen LogP contribution < -0.4 is 4.80 Å².